The summed E-state index contributed by atoms with van der Waals surface area (Å²) in [5, 5.41) is 10.2. The van der Waals surface area contributed by atoms with Crippen molar-refractivity contribution in [2.45, 2.75) is 46.2 Å². The quantitative estimate of drug-likeness (QED) is 0.406. The summed E-state index contributed by atoms with van der Waals surface area (Å²) in [5.41, 5.74) is 0.360. The van der Waals surface area contributed by atoms with E-state index in [-0.39, 0.29) is 41.8 Å². The van der Waals surface area contributed by atoms with Gasteiger partial charge < -0.3 is 15.2 Å². The molecule has 25 heavy (non-hydrogen) atoms. The molecule has 0 radical (unpaired) electrons. The first-order valence-electron chi connectivity index (χ1n) is 7.99. The molecule has 1 aromatic heterocycles. The molecule has 2 rings (SSSR count). The molecule has 0 atom stereocenters. The van der Waals surface area contributed by atoms with Crippen LogP contribution >= 0.6 is 24.0 Å². The smallest absolute Gasteiger partial charge is 0.232 e. The van der Waals surface area contributed by atoms with Gasteiger partial charge in [0.2, 0.25) is 5.89 Å². The van der Waals surface area contributed by atoms with Gasteiger partial charge in [-0.1, -0.05) is 44.1 Å². The first-order valence-corrected chi connectivity index (χ1v) is 7.99. The summed E-state index contributed by atoms with van der Waals surface area (Å²) in [6, 6.07) is 6.60. The fraction of sp³-hybridized carbons (Fsp3) is 0.471. The topological polar surface area (TPSA) is 75.3 Å². The van der Waals surface area contributed by atoms with Crippen LogP contribution in [0, 0.1) is 5.82 Å². The van der Waals surface area contributed by atoms with Crippen LogP contribution in [0.3, 0.4) is 0 Å². The van der Waals surface area contributed by atoms with Crippen LogP contribution in [0.2, 0.25) is 0 Å². The number of hydrogen-bond donors (Lipinski definition) is 2. The Kier molecular flexibility index (Phi) is 8.27. The van der Waals surface area contributed by atoms with E-state index in [9.17, 15) is 4.39 Å². The molecule has 0 aliphatic heterocycles. The summed E-state index contributed by atoms with van der Waals surface area (Å²) in [5.74, 6) is 1.46. The second-order valence-corrected chi connectivity index (χ2v) is 6.41. The SMILES string of the molecule is CCNC(=NCc1ccccc1F)NCc1noc(C(C)(C)C)n1.I. The molecule has 2 aromatic rings. The van der Waals surface area contributed by atoms with Crippen molar-refractivity contribution in [2.75, 3.05) is 6.54 Å². The van der Waals surface area contributed by atoms with Crippen LogP contribution < -0.4 is 10.6 Å². The van der Waals surface area contributed by atoms with Crippen LogP contribution in [-0.2, 0) is 18.5 Å². The number of nitrogens with zero attached hydrogens (tertiary/aromatic N) is 3. The lowest BCUT2D eigenvalue weighted by molar-refractivity contribution is 0.318. The molecular weight excluding hydrogens is 436 g/mol. The van der Waals surface area contributed by atoms with Gasteiger partial charge >= 0.3 is 0 Å². The van der Waals surface area contributed by atoms with Gasteiger partial charge in [-0.05, 0) is 13.0 Å². The number of aliphatic imine (C=N–C) groups is 1. The third-order valence-electron chi connectivity index (χ3n) is 3.23. The minimum atomic E-state index is -0.259. The number of aromatic nitrogens is 2. The zero-order valence-electron chi connectivity index (χ0n) is 15.0. The van der Waals surface area contributed by atoms with E-state index in [0.717, 1.165) is 0 Å². The van der Waals surface area contributed by atoms with Crippen molar-refractivity contribution in [3.8, 4) is 0 Å². The molecule has 0 saturated carbocycles. The van der Waals surface area contributed by atoms with Gasteiger partial charge in [-0.3, -0.25) is 0 Å². The molecule has 2 N–H and O–H groups in total. The number of benzene rings is 1. The lowest BCUT2D eigenvalue weighted by Crippen LogP contribution is -2.37. The molecule has 0 spiro atoms. The van der Waals surface area contributed by atoms with Crippen molar-refractivity contribution in [3.63, 3.8) is 0 Å². The number of guanidine groups is 1. The fourth-order valence-electron chi connectivity index (χ4n) is 1.93. The second kappa shape index (κ2) is 9.69. The molecule has 0 amide bonds. The number of halogens is 2. The van der Waals surface area contributed by atoms with Crippen LogP contribution in [0.15, 0.2) is 33.8 Å². The maximum Gasteiger partial charge on any atom is 0.232 e. The lowest BCUT2D eigenvalue weighted by atomic mass is 9.97. The van der Waals surface area contributed by atoms with Crippen molar-refractivity contribution >= 4 is 29.9 Å². The summed E-state index contributed by atoms with van der Waals surface area (Å²) in [6.45, 7) is 9.33. The van der Waals surface area contributed by atoms with E-state index in [4.69, 9.17) is 4.52 Å². The zero-order chi connectivity index (χ0) is 17.6. The van der Waals surface area contributed by atoms with Crippen molar-refractivity contribution in [3.05, 3.63) is 47.4 Å². The zero-order valence-corrected chi connectivity index (χ0v) is 17.3. The third kappa shape index (κ3) is 6.60. The van der Waals surface area contributed by atoms with Gasteiger partial charge in [-0.25, -0.2) is 9.38 Å². The van der Waals surface area contributed by atoms with Gasteiger partial charge in [0.05, 0.1) is 13.1 Å². The van der Waals surface area contributed by atoms with E-state index in [1.54, 1.807) is 18.2 Å². The van der Waals surface area contributed by atoms with E-state index in [1.807, 2.05) is 27.7 Å². The maximum atomic E-state index is 13.6. The van der Waals surface area contributed by atoms with Crippen LogP contribution in [0.5, 0.6) is 0 Å². The summed E-state index contributed by atoms with van der Waals surface area (Å²) in [6.07, 6.45) is 0. The van der Waals surface area contributed by atoms with Gasteiger partial charge in [0.1, 0.15) is 5.82 Å². The molecule has 1 aromatic carbocycles. The highest BCUT2D eigenvalue weighted by atomic mass is 127. The molecule has 8 heteroatoms. The van der Waals surface area contributed by atoms with Crippen LogP contribution in [0.4, 0.5) is 4.39 Å². The highest BCUT2D eigenvalue weighted by Crippen LogP contribution is 2.19. The lowest BCUT2D eigenvalue weighted by Gasteiger charge is -2.11. The number of nitrogens with one attached hydrogen (secondary N) is 2. The monoisotopic (exact) mass is 461 g/mol. The fourth-order valence-corrected chi connectivity index (χ4v) is 1.93. The second-order valence-electron chi connectivity index (χ2n) is 6.41. The Morgan fingerprint density at radius 1 is 1.24 bits per heavy atom. The minimum absolute atomic E-state index is 0. The van der Waals surface area contributed by atoms with Gasteiger partial charge in [0, 0.05) is 17.5 Å². The Morgan fingerprint density at radius 2 is 1.96 bits per heavy atom. The summed E-state index contributed by atoms with van der Waals surface area (Å²) < 4.78 is 18.9. The van der Waals surface area contributed by atoms with Gasteiger partial charge in [0.25, 0.3) is 0 Å². The Labute approximate surface area is 164 Å². The Bertz CT molecular complexity index is 696. The molecule has 0 aliphatic carbocycles. The highest BCUT2D eigenvalue weighted by molar-refractivity contribution is 14.0. The first-order chi connectivity index (χ1) is 11.4. The van der Waals surface area contributed by atoms with Crippen molar-refractivity contribution < 1.29 is 8.91 Å². The van der Waals surface area contributed by atoms with Gasteiger partial charge in [-0.2, -0.15) is 4.98 Å². The average Bonchev–Trinajstić information content (AvgIpc) is 3.00. The molecule has 138 valence electrons. The molecule has 0 unspecified atom stereocenters. The summed E-state index contributed by atoms with van der Waals surface area (Å²) in [7, 11) is 0. The normalized spacial score (nSPS) is 11.8. The Balaban J connectivity index is 0.00000312. The van der Waals surface area contributed by atoms with E-state index >= 15 is 0 Å². The molecule has 6 nitrogen and oxygen atoms in total. The first kappa shape index (κ1) is 21.3. The van der Waals surface area contributed by atoms with Crippen molar-refractivity contribution in [2.24, 2.45) is 4.99 Å². The van der Waals surface area contributed by atoms with Crippen LogP contribution in [0.1, 0.15) is 45.0 Å². The molecule has 0 saturated heterocycles. The average molecular weight is 461 g/mol. The molecule has 0 bridgehead atoms. The standard InChI is InChI=1S/C17H24FN5O.HI/c1-5-19-16(20-10-12-8-6-7-9-13(12)18)21-11-14-22-15(24-23-14)17(2,3)4;/h6-9H,5,10-11H2,1-4H3,(H2,19,20,21);1H. The van der Waals surface area contributed by atoms with Crippen LogP contribution in [-0.4, -0.2) is 22.6 Å². The molecular formula is C17H25FIN5O. The maximum absolute atomic E-state index is 13.6. The predicted molar refractivity (Wildman–Crippen MR) is 106 cm³/mol. The Hall–Kier alpha value is -1.71. The third-order valence-corrected chi connectivity index (χ3v) is 3.23. The largest absolute Gasteiger partial charge is 0.357 e. The van der Waals surface area contributed by atoms with E-state index in [0.29, 0.717) is 36.3 Å². The molecule has 0 aliphatic rings. The highest BCUT2D eigenvalue weighted by Gasteiger charge is 2.21. The van der Waals surface area contributed by atoms with E-state index in [1.165, 1.54) is 6.07 Å². The van der Waals surface area contributed by atoms with Gasteiger partial charge in [0.15, 0.2) is 11.8 Å². The van der Waals surface area contributed by atoms with Crippen molar-refractivity contribution in [1.29, 1.82) is 0 Å². The van der Waals surface area contributed by atoms with Gasteiger partial charge in [-0.15, -0.1) is 24.0 Å². The number of rotatable bonds is 5. The summed E-state index contributed by atoms with van der Waals surface area (Å²) in [4.78, 5) is 8.75. The van der Waals surface area contributed by atoms with Crippen LogP contribution in [0.25, 0.3) is 0 Å². The molecule has 1 heterocycles. The van der Waals surface area contributed by atoms with E-state index < -0.39 is 0 Å². The van der Waals surface area contributed by atoms with Crippen molar-refractivity contribution in [1.82, 2.24) is 20.8 Å². The molecule has 0 fully saturated rings. The Morgan fingerprint density at radius 3 is 2.56 bits per heavy atom. The minimum Gasteiger partial charge on any atom is -0.357 e. The number of hydrogen-bond acceptors (Lipinski definition) is 4. The van der Waals surface area contributed by atoms with E-state index in [2.05, 4.69) is 25.8 Å². The summed E-state index contributed by atoms with van der Waals surface area (Å²) >= 11 is 0. The predicted octanol–water partition coefficient (Wildman–Crippen LogP) is 3.38.